The molecule has 22 heavy (non-hydrogen) atoms. The fraction of sp³-hybridized carbons (Fsp3) is 0.312. The van der Waals surface area contributed by atoms with Gasteiger partial charge < -0.3 is 5.32 Å². The summed E-state index contributed by atoms with van der Waals surface area (Å²) < 4.78 is 2.30. The lowest BCUT2D eigenvalue weighted by Gasteiger charge is -2.24. The zero-order valence-electron chi connectivity index (χ0n) is 12.2. The maximum absolute atomic E-state index is 12.2. The zero-order chi connectivity index (χ0) is 15.7. The molecule has 1 heterocycles. The Morgan fingerprint density at radius 3 is 2.82 bits per heavy atom. The second kappa shape index (κ2) is 6.04. The van der Waals surface area contributed by atoms with Crippen molar-refractivity contribution in [2.45, 2.75) is 25.3 Å². The Morgan fingerprint density at radius 2 is 2.09 bits per heavy atom. The van der Waals surface area contributed by atoms with Gasteiger partial charge in [-0.25, -0.2) is 4.68 Å². The number of nitrogens with zero attached hydrogens (tertiary/aromatic N) is 2. The molecule has 0 radical (unpaired) electrons. The standard InChI is InChI=1S/C16H16BrN3O2/c1-20-15(21)9-11-8-13(6-7-14(11)19-20)18-16(22)10-2-4-12(17)5-3-10/h2-5,9,13H,6-8H2,1H3,(H,18,22). The van der Waals surface area contributed by atoms with Crippen LogP contribution < -0.4 is 10.9 Å². The summed E-state index contributed by atoms with van der Waals surface area (Å²) in [6.45, 7) is 0. The van der Waals surface area contributed by atoms with Crippen molar-refractivity contribution in [2.75, 3.05) is 0 Å². The minimum Gasteiger partial charge on any atom is -0.349 e. The highest BCUT2D eigenvalue weighted by Crippen LogP contribution is 2.18. The van der Waals surface area contributed by atoms with Gasteiger partial charge in [-0.05, 0) is 49.1 Å². The highest BCUT2D eigenvalue weighted by Gasteiger charge is 2.22. The third kappa shape index (κ3) is 3.11. The lowest BCUT2D eigenvalue weighted by molar-refractivity contribution is 0.0933. The molecule has 114 valence electrons. The van der Waals surface area contributed by atoms with E-state index in [1.807, 2.05) is 12.1 Å². The first-order valence-corrected chi connectivity index (χ1v) is 7.95. The van der Waals surface area contributed by atoms with E-state index in [4.69, 9.17) is 0 Å². The number of rotatable bonds is 2. The number of hydrogen-bond donors (Lipinski definition) is 1. The Balaban J connectivity index is 1.72. The predicted octanol–water partition coefficient (Wildman–Crippen LogP) is 1.83. The van der Waals surface area contributed by atoms with Gasteiger partial charge in [-0.3, -0.25) is 9.59 Å². The highest BCUT2D eigenvalue weighted by molar-refractivity contribution is 9.10. The number of aromatic nitrogens is 2. The van der Waals surface area contributed by atoms with E-state index in [-0.39, 0.29) is 17.5 Å². The Kier molecular flexibility index (Phi) is 4.11. The molecule has 1 atom stereocenters. The number of carbonyl (C=O) groups is 1. The molecule has 1 aromatic heterocycles. The fourth-order valence-corrected chi connectivity index (χ4v) is 2.94. The number of aryl methyl sites for hydroxylation is 2. The molecule has 0 bridgehead atoms. The summed E-state index contributed by atoms with van der Waals surface area (Å²) in [5.74, 6) is -0.0854. The molecule has 3 rings (SSSR count). The molecule has 0 saturated heterocycles. The van der Waals surface area contributed by atoms with Crippen LogP contribution >= 0.6 is 15.9 Å². The molecule has 1 aliphatic rings. The van der Waals surface area contributed by atoms with Crippen LogP contribution in [0.15, 0.2) is 39.6 Å². The summed E-state index contributed by atoms with van der Waals surface area (Å²) in [7, 11) is 1.66. The van der Waals surface area contributed by atoms with Gasteiger partial charge in [-0.2, -0.15) is 5.10 Å². The molecule has 0 fully saturated rings. The summed E-state index contributed by atoms with van der Waals surface area (Å²) >= 11 is 3.35. The predicted molar refractivity (Wildman–Crippen MR) is 86.9 cm³/mol. The smallest absolute Gasteiger partial charge is 0.266 e. The monoisotopic (exact) mass is 361 g/mol. The molecule has 1 unspecified atom stereocenters. The summed E-state index contributed by atoms with van der Waals surface area (Å²) in [4.78, 5) is 23.9. The Morgan fingerprint density at radius 1 is 1.36 bits per heavy atom. The third-order valence-corrected chi connectivity index (χ3v) is 4.42. The number of carbonyl (C=O) groups excluding carboxylic acids is 1. The number of benzene rings is 1. The molecule has 0 aliphatic heterocycles. The summed E-state index contributed by atoms with van der Waals surface area (Å²) in [5, 5.41) is 7.32. The number of fused-ring (bicyclic) bond motifs is 1. The van der Waals surface area contributed by atoms with Crippen LogP contribution in [0, 0.1) is 0 Å². The molecule has 1 amide bonds. The van der Waals surface area contributed by atoms with Crippen LogP contribution in [0.1, 0.15) is 28.0 Å². The maximum atomic E-state index is 12.2. The molecule has 2 aromatic rings. The van der Waals surface area contributed by atoms with Crippen LogP contribution in [0.3, 0.4) is 0 Å². The van der Waals surface area contributed by atoms with E-state index in [1.54, 1.807) is 25.2 Å². The largest absolute Gasteiger partial charge is 0.349 e. The van der Waals surface area contributed by atoms with E-state index in [0.29, 0.717) is 12.0 Å². The quantitative estimate of drug-likeness (QED) is 0.887. The second-order valence-corrected chi connectivity index (χ2v) is 6.41. The first-order chi connectivity index (χ1) is 10.5. The highest BCUT2D eigenvalue weighted by atomic mass is 79.9. The van der Waals surface area contributed by atoms with E-state index in [0.717, 1.165) is 28.6 Å². The Bertz CT molecular complexity index is 768. The van der Waals surface area contributed by atoms with Gasteiger partial charge >= 0.3 is 0 Å². The van der Waals surface area contributed by atoms with Crippen LogP contribution in [-0.4, -0.2) is 21.7 Å². The van der Waals surface area contributed by atoms with Crippen LogP contribution in [0.4, 0.5) is 0 Å². The van der Waals surface area contributed by atoms with E-state index >= 15 is 0 Å². The van der Waals surface area contributed by atoms with Crippen molar-refractivity contribution >= 4 is 21.8 Å². The summed E-state index contributed by atoms with van der Waals surface area (Å²) in [6, 6.07) is 8.93. The average molecular weight is 362 g/mol. The second-order valence-electron chi connectivity index (χ2n) is 5.50. The number of nitrogens with one attached hydrogen (secondary N) is 1. The topological polar surface area (TPSA) is 64.0 Å². The first-order valence-electron chi connectivity index (χ1n) is 7.15. The minimum absolute atomic E-state index is 0.0394. The molecule has 1 aromatic carbocycles. The molecule has 1 aliphatic carbocycles. The van der Waals surface area contributed by atoms with E-state index in [9.17, 15) is 9.59 Å². The molecule has 5 nitrogen and oxygen atoms in total. The van der Waals surface area contributed by atoms with E-state index in [2.05, 4.69) is 26.3 Å². The van der Waals surface area contributed by atoms with Gasteiger partial charge in [0.25, 0.3) is 11.5 Å². The van der Waals surface area contributed by atoms with Gasteiger partial charge in [0.15, 0.2) is 0 Å². The average Bonchev–Trinajstić information content (AvgIpc) is 2.49. The Hall–Kier alpha value is -1.95. The van der Waals surface area contributed by atoms with Gasteiger partial charge in [0.1, 0.15) is 0 Å². The number of halogens is 1. The lowest BCUT2D eigenvalue weighted by atomic mass is 9.92. The summed E-state index contributed by atoms with van der Waals surface area (Å²) in [5.41, 5.74) is 2.42. The van der Waals surface area contributed by atoms with Crippen LogP contribution in [0.25, 0.3) is 0 Å². The van der Waals surface area contributed by atoms with Crippen molar-refractivity contribution in [3.05, 3.63) is 62.0 Å². The van der Waals surface area contributed by atoms with Gasteiger partial charge in [0, 0.05) is 29.2 Å². The van der Waals surface area contributed by atoms with Crippen molar-refractivity contribution < 1.29 is 4.79 Å². The summed E-state index contributed by atoms with van der Waals surface area (Å²) in [6.07, 6.45) is 2.26. The minimum atomic E-state index is -0.112. The molecule has 1 N–H and O–H groups in total. The molecule has 6 heteroatoms. The zero-order valence-corrected chi connectivity index (χ0v) is 13.8. The van der Waals surface area contributed by atoms with Crippen LogP contribution in [0.5, 0.6) is 0 Å². The van der Waals surface area contributed by atoms with Gasteiger partial charge in [0.05, 0.1) is 5.69 Å². The van der Waals surface area contributed by atoms with Crippen molar-refractivity contribution in [3.63, 3.8) is 0 Å². The normalized spacial score (nSPS) is 16.9. The first kappa shape index (κ1) is 15.0. The van der Waals surface area contributed by atoms with Crippen molar-refractivity contribution in [3.8, 4) is 0 Å². The lowest BCUT2D eigenvalue weighted by Crippen LogP contribution is -2.40. The van der Waals surface area contributed by atoms with Crippen molar-refractivity contribution in [1.29, 1.82) is 0 Å². The molecule has 0 saturated carbocycles. The SMILES string of the molecule is Cn1nc2c(cc1=O)CC(NC(=O)c1ccc(Br)cc1)CC2. The van der Waals surface area contributed by atoms with Gasteiger partial charge in [-0.15, -0.1) is 0 Å². The Labute approximate surface area is 136 Å². The maximum Gasteiger partial charge on any atom is 0.266 e. The van der Waals surface area contributed by atoms with Gasteiger partial charge in [0.2, 0.25) is 0 Å². The third-order valence-electron chi connectivity index (χ3n) is 3.90. The van der Waals surface area contributed by atoms with Crippen LogP contribution in [-0.2, 0) is 19.9 Å². The number of hydrogen-bond acceptors (Lipinski definition) is 3. The van der Waals surface area contributed by atoms with Crippen molar-refractivity contribution in [1.82, 2.24) is 15.1 Å². The van der Waals surface area contributed by atoms with Crippen LogP contribution in [0.2, 0.25) is 0 Å². The number of amides is 1. The van der Waals surface area contributed by atoms with Crippen molar-refractivity contribution in [2.24, 2.45) is 7.05 Å². The molecular formula is C16H16BrN3O2. The van der Waals surface area contributed by atoms with E-state index in [1.165, 1.54) is 4.68 Å². The molecular weight excluding hydrogens is 346 g/mol. The van der Waals surface area contributed by atoms with E-state index < -0.39 is 0 Å². The van der Waals surface area contributed by atoms with Gasteiger partial charge in [-0.1, -0.05) is 15.9 Å². The fourth-order valence-electron chi connectivity index (χ4n) is 2.68. The molecule has 0 spiro atoms.